The second kappa shape index (κ2) is 11.0. The Labute approximate surface area is 155 Å². The molecule has 2 rings (SSSR count). The summed E-state index contributed by atoms with van der Waals surface area (Å²) in [6.45, 7) is 6.23. The predicted molar refractivity (Wildman–Crippen MR) is 98.8 cm³/mol. The molecule has 7 heteroatoms. The summed E-state index contributed by atoms with van der Waals surface area (Å²) in [5.41, 5.74) is 1.07. The second-order valence-electron chi connectivity index (χ2n) is 6.14. The number of benzene rings is 1. The minimum absolute atomic E-state index is 0.0360. The fourth-order valence-electron chi connectivity index (χ4n) is 2.98. The molecule has 1 amide bonds. The van der Waals surface area contributed by atoms with Crippen LogP contribution in [0.3, 0.4) is 0 Å². The molecule has 1 heterocycles. The Balaban J connectivity index is 2.09. The van der Waals surface area contributed by atoms with Gasteiger partial charge in [0.05, 0.1) is 33.5 Å². The first-order valence-corrected chi connectivity index (χ1v) is 9.07. The van der Waals surface area contributed by atoms with Gasteiger partial charge in [0.25, 0.3) is 0 Å². The van der Waals surface area contributed by atoms with E-state index in [9.17, 15) is 4.79 Å². The maximum atomic E-state index is 12.0. The molecule has 0 saturated carbocycles. The summed E-state index contributed by atoms with van der Waals surface area (Å²) in [6.07, 6.45) is 0.898. The van der Waals surface area contributed by atoms with E-state index in [2.05, 4.69) is 10.2 Å². The Morgan fingerprint density at radius 3 is 2.62 bits per heavy atom. The van der Waals surface area contributed by atoms with Crippen molar-refractivity contribution < 1.29 is 23.7 Å². The molecular formula is C19H30N2O5. The lowest BCUT2D eigenvalue weighted by atomic mass is 10.0. The van der Waals surface area contributed by atoms with Crippen LogP contribution in [0, 0.1) is 0 Å². The van der Waals surface area contributed by atoms with Gasteiger partial charge >= 0.3 is 0 Å². The van der Waals surface area contributed by atoms with Crippen molar-refractivity contribution in [2.75, 3.05) is 60.3 Å². The summed E-state index contributed by atoms with van der Waals surface area (Å²) in [6, 6.07) is 5.92. The van der Waals surface area contributed by atoms with Gasteiger partial charge in [-0.25, -0.2) is 0 Å². The van der Waals surface area contributed by atoms with Crippen LogP contribution in [0.5, 0.6) is 11.5 Å². The van der Waals surface area contributed by atoms with E-state index in [4.69, 9.17) is 18.9 Å². The van der Waals surface area contributed by atoms with Gasteiger partial charge in [0, 0.05) is 26.2 Å². The smallest absolute Gasteiger partial charge is 0.246 e. The molecule has 26 heavy (non-hydrogen) atoms. The number of nitrogens with zero attached hydrogens (tertiary/aromatic N) is 1. The second-order valence-corrected chi connectivity index (χ2v) is 6.14. The number of carbonyl (C=O) groups is 1. The van der Waals surface area contributed by atoms with E-state index in [0.717, 1.165) is 25.1 Å². The molecule has 1 atom stereocenters. The highest BCUT2D eigenvalue weighted by Gasteiger charge is 2.24. The number of rotatable bonds is 10. The molecule has 1 unspecified atom stereocenters. The van der Waals surface area contributed by atoms with Gasteiger partial charge in [-0.1, -0.05) is 13.0 Å². The Morgan fingerprint density at radius 2 is 1.96 bits per heavy atom. The summed E-state index contributed by atoms with van der Waals surface area (Å²) in [4.78, 5) is 14.4. The first kappa shape index (κ1) is 20.5. The van der Waals surface area contributed by atoms with Crippen molar-refractivity contribution in [1.29, 1.82) is 0 Å². The highest BCUT2D eigenvalue weighted by molar-refractivity contribution is 5.77. The first-order valence-electron chi connectivity index (χ1n) is 9.07. The fourth-order valence-corrected chi connectivity index (χ4v) is 2.98. The van der Waals surface area contributed by atoms with Gasteiger partial charge < -0.3 is 24.3 Å². The van der Waals surface area contributed by atoms with E-state index >= 15 is 0 Å². The molecule has 1 aromatic carbocycles. The minimum atomic E-state index is -0.0998. The molecule has 1 fully saturated rings. The molecule has 1 aliphatic rings. The minimum Gasteiger partial charge on any atom is -0.493 e. The quantitative estimate of drug-likeness (QED) is 0.635. The number of nitrogens with one attached hydrogen (secondary N) is 1. The Hall–Kier alpha value is -1.83. The van der Waals surface area contributed by atoms with Crippen molar-refractivity contribution >= 4 is 5.91 Å². The third-order valence-corrected chi connectivity index (χ3v) is 4.35. The van der Waals surface area contributed by atoms with E-state index in [0.29, 0.717) is 37.9 Å². The monoisotopic (exact) mass is 366 g/mol. The van der Waals surface area contributed by atoms with Crippen LogP contribution in [0.2, 0.25) is 0 Å². The average Bonchev–Trinajstić information content (AvgIpc) is 2.69. The van der Waals surface area contributed by atoms with Crippen molar-refractivity contribution in [3.8, 4) is 11.5 Å². The average molecular weight is 366 g/mol. The lowest BCUT2D eigenvalue weighted by molar-refractivity contribution is -0.126. The normalized spacial score (nSPS) is 16.1. The van der Waals surface area contributed by atoms with Crippen LogP contribution < -0.4 is 14.8 Å². The van der Waals surface area contributed by atoms with Crippen molar-refractivity contribution in [1.82, 2.24) is 10.2 Å². The lowest BCUT2D eigenvalue weighted by Crippen LogP contribution is -2.44. The zero-order valence-corrected chi connectivity index (χ0v) is 16.0. The lowest BCUT2D eigenvalue weighted by Gasteiger charge is -2.35. The largest absolute Gasteiger partial charge is 0.493 e. The van der Waals surface area contributed by atoms with Gasteiger partial charge in [-0.2, -0.15) is 0 Å². The van der Waals surface area contributed by atoms with E-state index < -0.39 is 0 Å². The third-order valence-electron chi connectivity index (χ3n) is 4.35. The predicted octanol–water partition coefficient (Wildman–Crippen LogP) is 1.62. The highest BCUT2D eigenvalue weighted by Crippen LogP contribution is 2.32. The van der Waals surface area contributed by atoms with Gasteiger partial charge in [0.2, 0.25) is 5.91 Å². The van der Waals surface area contributed by atoms with Gasteiger partial charge in [-0.15, -0.1) is 0 Å². The highest BCUT2D eigenvalue weighted by atomic mass is 16.5. The topological polar surface area (TPSA) is 69.3 Å². The van der Waals surface area contributed by atoms with E-state index in [1.807, 2.05) is 25.1 Å². The zero-order valence-electron chi connectivity index (χ0n) is 16.0. The maximum Gasteiger partial charge on any atom is 0.246 e. The molecule has 1 saturated heterocycles. The van der Waals surface area contributed by atoms with E-state index in [1.54, 1.807) is 14.2 Å². The standard InChI is InChI=1S/C19H30N2O5/c1-4-9-26-14-19(22)20-13-16(21-7-10-25-11-8-21)15-5-6-17(23-2)18(12-15)24-3/h5-6,12,16H,4,7-11,13-14H2,1-3H3,(H,20,22). The van der Waals surface area contributed by atoms with Crippen LogP contribution in [0.4, 0.5) is 0 Å². The molecule has 0 aromatic heterocycles. The number of carbonyl (C=O) groups excluding carboxylic acids is 1. The zero-order chi connectivity index (χ0) is 18.8. The van der Waals surface area contributed by atoms with Crippen molar-refractivity contribution in [2.24, 2.45) is 0 Å². The van der Waals surface area contributed by atoms with Gasteiger partial charge in [-0.05, 0) is 24.1 Å². The third kappa shape index (κ3) is 5.86. The molecule has 0 radical (unpaired) electrons. The summed E-state index contributed by atoms with van der Waals surface area (Å²) < 4.78 is 21.5. The Kier molecular flexibility index (Phi) is 8.67. The number of hydrogen-bond acceptors (Lipinski definition) is 6. The molecular weight excluding hydrogens is 336 g/mol. The molecule has 1 N–H and O–H groups in total. The summed E-state index contributed by atoms with van der Waals surface area (Å²) >= 11 is 0. The first-order chi connectivity index (χ1) is 12.7. The van der Waals surface area contributed by atoms with Crippen LogP contribution in [0.15, 0.2) is 18.2 Å². The number of ether oxygens (including phenoxy) is 4. The fraction of sp³-hybridized carbons (Fsp3) is 0.632. The Bertz CT molecular complexity index is 561. The Morgan fingerprint density at radius 1 is 1.23 bits per heavy atom. The molecule has 0 spiro atoms. The molecule has 1 aromatic rings. The van der Waals surface area contributed by atoms with Crippen LogP contribution in [-0.4, -0.2) is 71.1 Å². The van der Waals surface area contributed by atoms with Crippen molar-refractivity contribution in [3.05, 3.63) is 23.8 Å². The number of morpholine rings is 1. The molecule has 1 aliphatic heterocycles. The molecule has 0 aliphatic carbocycles. The van der Waals surface area contributed by atoms with Crippen LogP contribution >= 0.6 is 0 Å². The maximum absolute atomic E-state index is 12.0. The van der Waals surface area contributed by atoms with E-state index in [-0.39, 0.29) is 18.6 Å². The van der Waals surface area contributed by atoms with Crippen LogP contribution in [0.25, 0.3) is 0 Å². The van der Waals surface area contributed by atoms with Crippen molar-refractivity contribution in [3.63, 3.8) is 0 Å². The molecule has 0 bridgehead atoms. The molecule has 146 valence electrons. The summed E-state index contributed by atoms with van der Waals surface area (Å²) in [5.74, 6) is 1.27. The van der Waals surface area contributed by atoms with Crippen LogP contribution in [0.1, 0.15) is 24.9 Å². The van der Waals surface area contributed by atoms with Gasteiger partial charge in [0.1, 0.15) is 6.61 Å². The van der Waals surface area contributed by atoms with E-state index in [1.165, 1.54) is 0 Å². The van der Waals surface area contributed by atoms with Gasteiger partial charge in [-0.3, -0.25) is 9.69 Å². The summed E-state index contributed by atoms with van der Waals surface area (Å²) in [5, 5.41) is 2.99. The number of methoxy groups -OCH3 is 2. The summed E-state index contributed by atoms with van der Waals surface area (Å²) in [7, 11) is 3.24. The molecule has 7 nitrogen and oxygen atoms in total. The van der Waals surface area contributed by atoms with Gasteiger partial charge in [0.15, 0.2) is 11.5 Å². The van der Waals surface area contributed by atoms with Crippen molar-refractivity contribution in [2.45, 2.75) is 19.4 Å². The number of amides is 1. The number of hydrogen-bond donors (Lipinski definition) is 1. The van der Waals surface area contributed by atoms with Crippen LogP contribution in [-0.2, 0) is 14.3 Å². The SMILES string of the molecule is CCCOCC(=O)NCC(c1ccc(OC)c(OC)c1)N1CCOCC1.